The molecular weight excluding hydrogens is 238 g/mol. The normalized spacial score (nSPS) is 26.5. The van der Waals surface area contributed by atoms with Crippen molar-refractivity contribution in [2.24, 2.45) is 11.8 Å². The zero-order valence-electron chi connectivity index (χ0n) is 11.7. The number of nitrogens with two attached hydrogens (primary N) is 1. The summed E-state index contributed by atoms with van der Waals surface area (Å²) in [4.78, 5) is 9.24. The fourth-order valence-electron chi connectivity index (χ4n) is 2.87. The van der Waals surface area contributed by atoms with Crippen LogP contribution in [0.25, 0.3) is 0 Å². The van der Waals surface area contributed by atoms with Crippen LogP contribution in [0.4, 0.5) is 11.6 Å². The number of nitrogens with one attached hydrogen (secondary N) is 2. The van der Waals surface area contributed by atoms with Crippen LogP contribution in [-0.4, -0.2) is 16.0 Å². The van der Waals surface area contributed by atoms with Gasteiger partial charge in [0.2, 0.25) is 0 Å². The first-order valence-corrected chi connectivity index (χ1v) is 7.30. The molecule has 0 saturated heterocycles. The molecule has 19 heavy (non-hydrogen) atoms. The minimum absolute atomic E-state index is 0.534. The molecule has 1 aromatic rings. The average molecular weight is 261 g/mol. The van der Waals surface area contributed by atoms with Gasteiger partial charge in [0, 0.05) is 17.5 Å². The van der Waals surface area contributed by atoms with Gasteiger partial charge in [-0.2, -0.15) is 0 Å². The Balaban J connectivity index is 1.87. The molecule has 1 heterocycles. The number of rotatable bonds is 4. The molecule has 0 spiro atoms. The quantitative estimate of drug-likeness (QED) is 0.573. The third kappa shape index (κ3) is 2.52. The largest absolute Gasteiger partial charge is 0.367 e. The first-order chi connectivity index (χ1) is 9.19. The van der Waals surface area contributed by atoms with Crippen LogP contribution >= 0.6 is 0 Å². The lowest BCUT2D eigenvalue weighted by Gasteiger charge is -2.20. The molecular formula is C14H23N5. The summed E-state index contributed by atoms with van der Waals surface area (Å²) in [6, 6.07) is 0.534. The van der Waals surface area contributed by atoms with Gasteiger partial charge in [-0.15, -0.1) is 0 Å². The maximum Gasteiger partial charge on any atom is 0.148 e. The van der Waals surface area contributed by atoms with E-state index in [1.54, 1.807) is 0 Å². The first kappa shape index (κ1) is 12.7. The first-order valence-electron chi connectivity index (χ1n) is 7.30. The zero-order chi connectivity index (χ0) is 13.4. The Hall–Kier alpha value is -1.36. The van der Waals surface area contributed by atoms with Crippen molar-refractivity contribution in [1.82, 2.24) is 9.97 Å². The summed E-state index contributed by atoms with van der Waals surface area (Å²) in [5.74, 6) is 9.48. The molecule has 0 radical (unpaired) electrons. The van der Waals surface area contributed by atoms with Gasteiger partial charge in [0.05, 0.1) is 0 Å². The third-order valence-corrected chi connectivity index (χ3v) is 4.43. The second-order valence-electron chi connectivity index (χ2n) is 5.98. The molecule has 2 atom stereocenters. The zero-order valence-corrected chi connectivity index (χ0v) is 11.7. The van der Waals surface area contributed by atoms with Gasteiger partial charge < -0.3 is 10.7 Å². The third-order valence-electron chi connectivity index (χ3n) is 4.43. The van der Waals surface area contributed by atoms with Crippen LogP contribution in [-0.2, 0) is 0 Å². The van der Waals surface area contributed by atoms with Crippen LogP contribution in [0, 0.1) is 12.8 Å². The van der Waals surface area contributed by atoms with E-state index in [4.69, 9.17) is 10.8 Å². The van der Waals surface area contributed by atoms with Crippen molar-refractivity contribution in [1.29, 1.82) is 0 Å². The highest BCUT2D eigenvalue weighted by atomic mass is 15.3. The molecule has 2 fully saturated rings. The summed E-state index contributed by atoms with van der Waals surface area (Å²) in [5, 5.41) is 3.61. The van der Waals surface area contributed by atoms with Gasteiger partial charge in [0.1, 0.15) is 17.5 Å². The van der Waals surface area contributed by atoms with Gasteiger partial charge in [-0.1, -0.05) is 13.3 Å². The van der Waals surface area contributed by atoms with Crippen LogP contribution in [0.2, 0.25) is 0 Å². The Morgan fingerprint density at radius 2 is 1.84 bits per heavy atom. The molecule has 1 aromatic heterocycles. The minimum Gasteiger partial charge on any atom is -0.367 e. The van der Waals surface area contributed by atoms with E-state index >= 15 is 0 Å². The summed E-state index contributed by atoms with van der Waals surface area (Å²) in [6.07, 6.45) is 6.24. The average Bonchev–Trinajstić information content (AvgIpc) is 3.17. The number of hydrogen-bond acceptors (Lipinski definition) is 5. The lowest BCUT2D eigenvalue weighted by Crippen LogP contribution is -2.24. The van der Waals surface area contributed by atoms with Gasteiger partial charge in [-0.05, 0) is 38.5 Å². The Morgan fingerprint density at radius 3 is 2.42 bits per heavy atom. The molecule has 3 rings (SSSR count). The van der Waals surface area contributed by atoms with Gasteiger partial charge in [0.15, 0.2) is 0 Å². The number of nitrogens with zero attached hydrogens (tertiary/aromatic N) is 2. The van der Waals surface area contributed by atoms with Gasteiger partial charge in [0.25, 0.3) is 0 Å². The predicted molar refractivity (Wildman–Crippen MR) is 77.0 cm³/mol. The molecule has 0 aliphatic heterocycles. The molecule has 4 N–H and O–H groups in total. The standard InChI is InChI=1S/C14H23N5/c1-8-4-3-5-11(8)16-12-9(2)13(19-15)18-14(17-12)10-6-7-10/h8,10-11H,3-7,15H2,1-2H3,(H2,16,17,18,19). The highest BCUT2D eigenvalue weighted by Crippen LogP contribution is 2.40. The second kappa shape index (κ2) is 4.96. The van der Waals surface area contributed by atoms with Crippen molar-refractivity contribution in [2.45, 2.75) is 57.9 Å². The lowest BCUT2D eigenvalue weighted by molar-refractivity contribution is 0.554. The Morgan fingerprint density at radius 1 is 1.11 bits per heavy atom. The molecule has 104 valence electrons. The van der Waals surface area contributed by atoms with Crippen molar-refractivity contribution in [3.05, 3.63) is 11.4 Å². The summed E-state index contributed by atoms with van der Waals surface area (Å²) in [7, 11) is 0. The smallest absolute Gasteiger partial charge is 0.148 e. The molecule has 2 aliphatic rings. The second-order valence-corrected chi connectivity index (χ2v) is 5.98. The van der Waals surface area contributed by atoms with Crippen molar-refractivity contribution in [2.75, 3.05) is 10.7 Å². The minimum atomic E-state index is 0.534. The van der Waals surface area contributed by atoms with E-state index in [-0.39, 0.29) is 0 Å². The molecule has 2 unspecified atom stereocenters. The lowest BCUT2D eigenvalue weighted by atomic mass is 10.1. The van der Waals surface area contributed by atoms with E-state index in [9.17, 15) is 0 Å². The van der Waals surface area contributed by atoms with E-state index < -0.39 is 0 Å². The summed E-state index contributed by atoms with van der Waals surface area (Å²) in [5.41, 5.74) is 3.72. The van der Waals surface area contributed by atoms with Crippen molar-refractivity contribution >= 4 is 11.6 Å². The van der Waals surface area contributed by atoms with E-state index in [2.05, 4.69) is 22.7 Å². The molecule has 0 amide bonds. The summed E-state index contributed by atoms with van der Waals surface area (Å²) in [6.45, 7) is 4.33. The maximum atomic E-state index is 5.58. The Kier molecular flexibility index (Phi) is 3.31. The van der Waals surface area contributed by atoms with Gasteiger partial charge >= 0.3 is 0 Å². The van der Waals surface area contributed by atoms with Crippen LogP contribution in [0.1, 0.15) is 56.3 Å². The molecule has 0 bridgehead atoms. The molecule has 2 aliphatic carbocycles. The van der Waals surface area contributed by atoms with Crippen molar-refractivity contribution in [3.8, 4) is 0 Å². The van der Waals surface area contributed by atoms with E-state index in [1.165, 1.54) is 32.1 Å². The van der Waals surface area contributed by atoms with E-state index in [0.29, 0.717) is 17.9 Å². The number of nitrogen functional groups attached to an aromatic ring is 1. The summed E-state index contributed by atoms with van der Waals surface area (Å²) < 4.78 is 0. The number of hydrazine groups is 1. The van der Waals surface area contributed by atoms with E-state index in [1.807, 2.05) is 6.92 Å². The fourth-order valence-corrected chi connectivity index (χ4v) is 2.87. The number of anilines is 2. The SMILES string of the molecule is Cc1c(NN)nc(C2CC2)nc1NC1CCCC1C. The fraction of sp³-hybridized carbons (Fsp3) is 0.714. The van der Waals surface area contributed by atoms with Crippen molar-refractivity contribution in [3.63, 3.8) is 0 Å². The van der Waals surface area contributed by atoms with Crippen LogP contribution in [0.3, 0.4) is 0 Å². The topological polar surface area (TPSA) is 75.9 Å². The Labute approximate surface area is 114 Å². The molecule has 2 saturated carbocycles. The van der Waals surface area contributed by atoms with Gasteiger partial charge in [-0.25, -0.2) is 15.8 Å². The van der Waals surface area contributed by atoms with Crippen LogP contribution < -0.4 is 16.6 Å². The number of hydrogen-bond donors (Lipinski definition) is 3. The molecule has 5 heteroatoms. The van der Waals surface area contributed by atoms with Crippen LogP contribution in [0.5, 0.6) is 0 Å². The molecule has 5 nitrogen and oxygen atoms in total. The molecule has 0 aromatic carbocycles. The monoisotopic (exact) mass is 261 g/mol. The maximum absolute atomic E-state index is 5.58. The predicted octanol–water partition coefficient (Wildman–Crippen LogP) is 2.55. The highest BCUT2D eigenvalue weighted by Gasteiger charge is 2.29. The van der Waals surface area contributed by atoms with E-state index in [0.717, 1.165) is 23.0 Å². The summed E-state index contributed by atoms with van der Waals surface area (Å²) >= 11 is 0. The van der Waals surface area contributed by atoms with Crippen molar-refractivity contribution < 1.29 is 0 Å². The van der Waals surface area contributed by atoms with Crippen LogP contribution in [0.15, 0.2) is 0 Å². The highest BCUT2D eigenvalue weighted by molar-refractivity contribution is 5.57. The Bertz CT molecular complexity index is 469. The van der Waals surface area contributed by atoms with Gasteiger partial charge in [-0.3, -0.25) is 0 Å². The number of aromatic nitrogens is 2.